The van der Waals surface area contributed by atoms with Crippen molar-refractivity contribution in [1.29, 1.82) is 0 Å². The number of carbonyl (C=O) groups is 1. The Morgan fingerprint density at radius 3 is 2.51 bits per heavy atom. The summed E-state index contributed by atoms with van der Waals surface area (Å²) in [6.45, 7) is 14.6. The first-order chi connectivity index (χ1) is 18.6. The third kappa shape index (κ3) is 5.89. The largest absolute Gasteiger partial charge is 0.282 e. The van der Waals surface area contributed by atoms with Crippen molar-refractivity contribution < 1.29 is 4.79 Å². The molecule has 2 heteroatoms. The van der Waals surface area contributed by atoms with Crippen molar-refractivity contribution in [3.05, 3.63) is 53.1 Å². The summed E-state index contributed by atoms with van der Waals surface area (Å²) < 4.78 is 0. The molecule has 1 nitrogen and oxygen atoms in total. The minimum atomic E-state index is 0.259. The molecule has 0 spiro atoms. The lowest BCUT2D eigenvalue weighted by Crippen LogP contribution is -2.50. The Kier molecular flexibility index (Phi) is 8.92. The Morgan fingerprint density at radius 2 is 1.77 bits per heavy atom. The number of fused-ring (bicyclic) bond motifs is 5. The minimum absolute atomic E-state index is 0.259. The quantitative estimate of drug-likeness (QED) is 0.238. The van der Waals surface area contributed by atoms with E-state index in [-0.39, 0.29) is 5.12 Å². The van der Waals surface area contributed by atoms with Crippen molar-refractivity contribution in [2.75, 3.05) is 0 Å². The third-order valence-electron chi connectivity index (χ3n) is 12.0. The Morgan fingerprint density at radius 1 is 1.00 bits per heavy atom. The van der Waals surface area contributed by atoms with Crippen LogP contribution in [0.4, 0.5) is 0 Å². The van der Waals surface area contributed by atoms with E-state index in [0.29, 0.717) is 16.1 Å². The molecule has 1 aromatic carbocycles. The summed E-state index contributed by atoms with van der Waals surface area (Å²) in [6, 6.07) is 10.3. The van der Waals surface area contributed by atoms with Gasteiger partial charge in [0.2, 0.25) is 5.12 Å². The van der Waals surface area contributed by atoms with Crippen molar-refractivity contribution in [1.82, 2.24) is 0 Å². The number of allylic oxidation sites excluding steroid dienone is 2. The van der Waals surface area contributed by atoms with E-state index in [1.807, 2.05) is 31.2 Å². The zero-order chi connectivity index (χ0) is 27.8. The Balaban J connectivity index is 1.23. The predicted molar refractivity (Wildman–Crippen MR) is 170 cm³/mol. The average molecular weight is 547 g/mol. The van der Waals surface area contributed by atoms with E-state index in [4.69, 9.17) is 0 Å². The summed E-state index contributed by atoms with van der Waals surface area (Å²) in [4.78, 5) is 13.1. The van der Waals surface area contributed by atoms with Crippen LogP contribution >= 0.6 is 11.8 Å². The molecular weight excluding hydrogens is 492 g/mol. The van der Waals surface area contributed by atoms with Crippen molar-refractivity contribution >= 4 is 23.0 Å². The monoisotopic (exact) mass is 546 g/mol. The van der Waals surface area contributed by atoms with Gasteiger partial charge in [-0.15, -0.1) is 0 Å². The van der Waals surface area contributed by atoms with Crippen LogP contribution in [0.25, 0.3) is 6.08 Å². The first kappa shape index (κ1) is 29.2. The zero-order valence-electron chi connectivity index (χ0n) is 25.7. The lowest BCUT2D eigenvalue weighted by atomic mass is 9.47. The van der Waals surface area contributed by atoms with E-state index in [2.05, 4.69) is 52.8 Å². The molecule has 0 aromatic heterocycles. The summed E-state index contributed by atoms with van der Waals surface area (Å²) in [5.74, 6) is 5.30. The highest BCUT2D eigenvalue weighted by Crippen LogP contribution is 2.67. The molecule has 39 heavy (non-hydrogen) atoms. The van der Waals surface area contributed by atoms with Gasteiger partial charge in [0, 0.05) is 10.8 Å². The SMILES string of the molecule is CC(=Cc1ccccc1)C(=O)S[C@H]1CC[C@@]2(C)C(=CCC3C4CCC(C(C)CCCC(C)C)[C@@]4(C)CCC32)C1. The molecule has 214 valence electrons. The number of hydrogen-bond acceptors (Lipinski definition) is 2. The van der Waals surface area contributed by atoms with Crippen LogP contribution in [0.1, 0.15) is 118 Å². The maximum absolute atomic E-state index is 13.1. The van der Waals surface area contributed by atoms with Crippen LogP contribution < -0.4 is 0 Å². The van der Waals surface area contributed by atoms with E-state index in [1.165, 1.54) is 64.2 Å². The van der Waals surface area contributed by atoms with E-state index >= 15 is 0 Å². The van der Waals surface area contributed by atoms with E-state index in [0.717, 1.165) is 53.1 Å². The molecule has 0 bridgehead atoms. The Hall–Kier alpha value is -1.28. The standard InChI is InChI=1S/C37H54OS/c1-25(2)11-10-12-26(3)32-17-18-33-31-16-15-29-24-30(19-21-36(29,5)34(31)20-22-37(32,33)6)39-35(38)27(4)23-28-13-8-7-9-14-28/h7-9,13-15,23,25-26,30-34H,10-12,16-22,24H2,1-6H3/t26?,30-,31?,32?,33?,34?,36-,37+/m0/s1. The lowest BCUT2D eigenvalue weighted by molar-refractivity contribution is -0.107. The predicted octanol–water partition coefficient (Wildman–Crippen LogP) is 10.8. The van der Waals surface area contributed by atoms with Gasteiger partial charge >= 0.3 is 0 Å². The summed E-state index contributed by atoms with van der Waals surface area (Å²) >= 11 is 1.61. The van der Waals surface area contributed by atoms with Gasteiger partial charge in [-0.2, -0.15) is 0 Å². The first-order valence-electron chi connectivity index (χ1n) is 16.3. The Bertz CT molecular complexity index is 1070. The van der Waals surface area contributed by atoms with Crippen LogP contribution in [0.3, 0.4) is 0 Å². The van der Waals surface area contributed by atoms with Crippen molar-refractivity contribution in [2.24, 2.45) is 46.3 Å². The molecule has 5 unspecified atom stereocenters. The number of rotatable bonds is 8. The van der Waals surface area contributed by atoms with Gasteiger partial charge in [0.1, 0.15) is 0 Å². The number of hydrogen-bond donors (Lipinski definition) is 0. The molecular formula is C37H54OS. The van der Waals surface area contributed by atoms with Gasteiger partial charge in [0.05, 0.1) is 0 Å². The third-order valence-corrected chi connectivity index (χ3v) is 13.3. The molecule has 4 aliphatic rings. The second kappa shape index (κ2) is 11.9. The van der Waals surface area contributed by atoms with Gasteiger partial charge in [-0.25, -0.2) is 0 Å². The highest BCUT2D eigenvalue weighted by atomic mass is 32.2. The molecule has 0 aliphatic heterocycles. The molecule has 4 aliphatic carbocycles. The zero-order valence-corrected chi connectivity index (χ0v) is 26.5. The van der Waals surface area contributed by atoms with E-state index < -0.39 is 0 Å². The molecule has 8 atom stereocenters. The van der Waals surface area contributed by atoms with Crippen LogP contribution in [0.2, 0.25) is 0 Å². The van der Waals surface area contributed by atoms with Crippen LogP contribution in [-0.2, 0) is 4.79 Å². The van der Waals surface area contributed by atoms with Crippen LogP contribution in [-0.4, -0.2) is 10.4 Å². The summed E-state index contributed by atoms with van der Waals surface area (Å²) in [6.07, 6.45) is 19.6. The second-order valence-electron chi connectivity index (χ2n) is 14.8. The molecule has 0 radical (unpaired) electrons. The van der Waals surface area contributed by atoms with Crippen LogP contribution in [0.5, 0.6) is 0 Å². The first-order valence-corrected chi connectivity index (χ1v) is 17.1. The fourth-order valence-corrected chi connectivity index (χ4v) is 10.9. The smallest absolute Gasteiger partial charge is 0.215 e. The highest BCUT2D eigenvalue weighted by Gasteiger charge is 2.59. The topological polar surface area (TPSA) is 17.1 Å². The van der Waals surface area contributed by atoms with Crippen LogP contribution in [0, 0.1) is 46.3 Å². The molecule has 0 amide bonds. The van der Waals surface area contributed by atoms with Crippen molar-refractivity contribution in [3.8, 4) is 0 Å². The maximum Gasteiger partial charge on any atom is 0.215 e. The molecule has 1 aromatic rings. The van der Waals surface area contributed by atoms with E-state index in [9.17, 15) is 4.79 Å². The summed E-state index contributed by atoms with van der Waals surface area (Å²) in [5.41, 5.74) is 4.61. The normalized spacial score (nSPS) is 37.1. The molecule has 0 heterocycles. The molecule has 3 saturated carbocycles. The Labute approximate surface area is 244 Å². The lowest BCUT2D eigenvalue weighted by Gasteiger charge is -2.58. The van der Waals surface area contributed by atoms with Gasteiger partial charge in [0.15, 0.2) is 0 Å². The molecule has 3 fully saturated rings. The number of thioether (sulfide) groups is 1. The molecule has 5 rings (SSSR count). The van der Waals surface area contributed by atoms with Crippen molar-refractivity contribution in [2.45, 2.75) is 117 Å². The minimum Gasteiger partial charge on any atom is -0.282 e. The van der Waals surface area contributed by atoms with Crippen LogP contribution in [0.15, 0.2) is 47.6 Å². The van der Waals surface area contributed by atoms with E-state index in [1.54, 1.807) is 17.3 Å². The molecule has 0 saturated heterocycles. The highest BCUT2D eigenvalue weighted by molar-refractivity contribution is 8.14. The van der Waals surface area contributed by atoms with Gasteiger partial charge in [0.25, 0.3) is 0 Å². The maximum atomic E-state index is 13.1. The summed E-state index contributed by atoms with van der Waals surface area (Å²) in [7, 11) is 0. The van der Waals surface area contributed by atoms with Gasteiger partial charge in [-0.1, -0.05) is 108 Å². The second-order valence-corrected chi connectivity index (χ2v) is 16.1. The number of benzene rings is 1. The molecule has 0 N–H and O–H groups in total. The fourth-order valence-electron chi connectivity index (χ4n) is 9.86. The van der Waals surface area contributed by atoms with Gasteiger partial charge in [-0.3, -0.25) is 4.79 Å². The fraction of sp³-hybridized carbons (Fsp3) is 0.703. The summed E-state index contributed by atoms with van der Waals surface area (Å²) in [5, 5.41) is 0.693. The average Bonchev–Trinajstić information content (AvgIpc) is 3.26. The van der Waals surface area contributed by atoms with Gasteiger partial charge < -0.3 is 0 Å². The van der Waals surface area contributed by atoms with Gasteiger partial charge in [-0.05, 0) is 116 Å². The van der Waals surface area contributed by atoms with Crippen molar-refractivity contribution in [3.63, 3.8) is 0 Å². The number of carbonyl (C=O) groups excluding carboxylic acids is 1.